The summed E-state index contributed by atoms with van der Waals surface area (Å²) in [6.45, 7) is 0.477. The fourth-order valence-electron chi connectivity index (χ4n) is 1.69. The summed E-state index contributed by atoms with van der Waals surface area (Å²) in [4.78, 5) is 11.7. The van der Waals surface area contributed by atoms with E-state index in [9.17, 15) is 13.6 Å². The minimum atomic E-state index is -0.988. The summed E-state index contributed by atoms with van der Waals surface area (Å²) < 4.78 is 32.3. The maximum atomic E-state index is 13.0. The maximum absolute atomic E-state index is 13.0. The second-order valence-corrected chi connectivity index (χ2v) is 6.55. The van der Waals surface area contributed by atoms with Crippen LogP contribution in [0.15, 0.2) is 46.9 Å². The molecule has 23 heavy (non-hydrogen) atoms. The molecule has 0 heterocycles. The molecule has 0 aliphatic heterocycles. The largest absolute Gasteiger partial charge is 0.493 e. The Balaban J connectivity index is 1.64. The van der Waals surface area contributed by atoms with E-state index < -0.39 is 11.6 Å². The van der Waals surface area contributed by atoms with Gasteiger partial charge in [-0.3, -0.25) is 4.79 Å². The van der Waals surface area contributed by atoms with Gasteiger partial charge in [0.15, 0.2) is 11.6 Å². The summed E-state index contributed by atoms with van der Waals surface area (Å²) in [6, 6.07) is 10.7. The Morgan fingerprint density at radius 1 is 1.13 bits per heavy atom. The number of rotatable bonds is 7. The van der Waals surface area contributed by atoms with Crippen molar-refractivity contribution in [2.45, 2.75) is 0 Å². The average Bonchev–Trinajstić information content (AvgIpc) is 2.52. The molecule has 0 radical (unpaired) electrons. The van der Waals surface area contributed by atoms with Crippen LogP contribution in [0, 0.1) is 11.6 Å². The minimum absolute atomic E-state index is 0.211. The number of ether oxygens (including phenoxy) is 1. The third-order valence-electron chi connectivity index (χ3n) is 2.75. The number of thioether (sulfide) groups is 1. The lowest BCUT2D eigenvalue weighted by molar-refractivity contribution is -0.113. The molecular formula is C16H14BrF2NO2S. The van der Waals surface area contributed by atoms with Crippen molar-refractivity contribution in [2.24, 2.45) is 0 Å². The third-order valence-corrected chi connectivity index (χ3v) is 4.20. The van der Waals surface area contributed by atoms with Gasteiger partial charge < -0.3 is 10.1 Å². The van der Waals surface area contributed by atoms with E-state index in [4.69, 9.17) is 4.74 Å². The first kappa shape index (κ1) is 17.7. The van der Waals surface area contributed by atoms with Gasteiger partial charge in [0.25, 0.3) is 0 Å². The number of carbonyl (C=O) groups excluding carboxylic acids is 1. The molecule has 1 amide bonds. The smallest absolute Gasteiger partial charge is 0.234 e. The van der Waals surface area contributed by atoms with Crippen LogP contribution in [0.1, 0.15) is 0 Å². The second-order valence-electron chi connectivity index (χ2n) is 4.53. The van der Waals surface area contributed by atoms with Crippen molar-refractivity contribution in [3.8, 4) is 5.75 Å². The maximum Gasteiger partial charge on any atom is 0.234 e. The molecule has 0 unspecified atom stereocenters. The van der Waals surface area contributed by atoms with Crippen LogP contribution in [0.25, 0.3) is 0 Å². The fraction of sp³-hybridized carbons (Fsp3) is 0.188. The Bertz CT molecular complexity index is 668. The molecule has 7 heteroatoms. The Labute approximate surface area is 145 Å². The minimum Gasteiger partial charge on any atom is -0.493 e. The Hall–Kier alpha value is -1.60. The molecule has 122 valence electrons. The molecule has 2 aromatic carbocycles. The number of amides is 1. The molecule has 0 spiro atoms. The highest BCUT2D eigenvalue weighted by atomic mass is 79.9. The van der Waals surface area contributed by atoms with Gasteiger partial charge in [-0.1, -0.05) is 15.9 Å². The van der Waals surface area contributed by atoms with Crippen LogP contribution < -0.4 is 10.1 Å². The van der Waals surface area contributed by atoms with Gasteiger partial charge in [0.1, 0.15) is 5.75 Å². The van der Waals surface area contributed by atoms with E-state index in [1.807, 2.05) is 24.3 Å². The number of hydrogen-bond donors (Lipinski definition) is 1. The van der Waals surface area contributed by atoms with E-state index in [0.717, 1.165) is 22.4 Å². The third kappa shape index (κ3) is 6.19. The van der Waals surface area contributed by atoms with Gasteiger partial charge >= 0.3 is 0 Å². The molecule has 2 aromatic rings. The first-order valence-corrected chi connectivity index (χ1v) is 8.70. The zero-order chi connectivity index (χ0) is 16.7. The Kier molecular flexibility index (Phi) is 6.85. The molecule has 0 saturated heterocycles. The van der Waals surface area contributed by atoms with E-state index in [1.54, 1.807) is 0 Å². The number of nitrogens with one attached hydrogen (secondary N) is 1. The van der Waals surface area contributed by atoms with E-state index in [1.165, 1.54) is 17.8 Å². The predicted octanol–water partition coefficient (Wildman–Crippen LogP) is 4.48. The topological polar surface area (TPSA) is 38.3 Å². The summed E-state index contributed by atoms with van der Waals surface area (Å²) in [7, 11) is 0. The normalized spacial score (nSPS) is 10.4. The summed E-state index contributed by atoms with van der Waals surface area (Å²) in [6.07, 6.45) is 0. The van der Waals surface area contributed by atoms with Gasteiger partial charge in [-0.05, 0) is 36.4 Å². The number of benzene rings is 2. The van der Waals surface area contributed by atoms with Gasteiger partial charge in [0, 0.05) is 22.0 Å². The molecular weight excluding hydrogens is 388 g/mol. The van der Waals surface area contributed by atoms with Gasteiger partial charge in [0.2, 0.25) is 5.91 Å². The van der Waals surface area contributed by atoms with E-state index in [2.05, 4.69) is 21.2 Å². The molecule has 0 bridgehead atoms. The number of anilines is 1. The summed E-state index contributed by atoms with van der Waals surface area (Å²) in [5.41, 5.74) is 0.237. The van der Waals surface area contributed by atoms with E-state index in [-0.39, 0.29) is 17.3 Å². The average molecular weight is 402 g/mol. The lowest BCUT2D eigenvalue weighted by Gasteiger charge is -2.07. The molecule has 0 aliphatic rings. The zero-order valence-corrected chi connectivity index (χ0v) is 14.4. The van der Waals surface area contributed by atoms with Crippen molar-refractivity contribution in [1.29, 1.82) is 0 Å². The van der Waals surface area contributed by atoms with Crippen molar-refractivity contribution in [3.05, 3.63) is 58.6 Å². The number of hydrogen-bond acceptors (Lipinski definition) is 3. The van der Waals surface area contributed by atoms with Crippen LogP contribution in [0.3, 0.4) is 0 Å². The van der Waals surface area contributed by atoms with Crippen LogP contribution in [0.4, 0.5) is 14.5 Å². The highest BCUT2D eigenvalue weighted by molar-refractivity contribution is 9.10. The molecule has 0 saturated carbocycles. The quantitative estimate of drug-likeness (QED) is 0.695. The Morgan fingerprint density at radius 3 is 2.57 bits per heavy atom. The lowest BCUT2D eigenvalue weighted by atomic mass is 10.3. The summed E-state index contributed by atoms with van der Waals surface area (Å²) >= 11 is 4.74. The lowest BCUT2D eigenvalue weighted by Crippen LogP contribution is -2.15. The molecule has 1 N–H and O–H groups in total. The van der Waals surface area contributed by atoms with Gasteiger partial charge in [-0.25, -0.2) is 8.78 Å². The number of halogens is 3. The summed E-state index contributed by atoms with van der Waals surface area (Å²) in [5, 5.41) is 2.51. The van der Waals surface area contributed by atoms with Gasteiger partial charge in [0.05, 0.1) is 12.4 Å². The van der Waals surface area contributed by atoms with E-state index in [0.29, 0.717) is 12.4 Å². The van der Waals surface area contributed by atoms with Crippen molar-refractivity contribution < 1.29 is 18.3 Å². The van der Waals surface area contributed by atoms with Crippen molar-refractivity contribution in [1.82, 2.24) is 0 Å². The monoisotopic (exact) mass is 401 g/mol. The predicted molar refractivity (Wildman–Crippen MR) is 91.9 cm³/mol. The molecule has 2 rings (SSSR count). The van der Waals surface area contributed by atoms with Crippen LogP contribution in [0.2, 0.25) is 0 Å². The highest BCUT2D eigenvalue weighted by Gasteiger charge is 2.06. The standard InChI is InChI=1S/C16H14BrF2NO2S/c17-11-1-4-13(5-2-11)22-7-8-23-10-16(21)20-12-3-6-14(18)15(19)9-12/h1-6,9H,7-8,10H2,(H,20,21). The van der Waals surface area contributed by atoms with Crippen molar-refractivity contribution >= 4 is 39.3 Å². The summed E-state index contributed by atoms with van der Waals surface area (Å²) in [5.74, 6) is -0.588. The van der Waals surface area contributed by atoms with E-state index >= 15 is 0 Å². The van der Waals surface area contributed by atoms with Crippen molar-refractivity contribution in [3.63, 3.8) is 0 Å². The second kappa shape index (κ2) is 8.88. The molecule has 0 aromatic heterocycles. The van der Waals surface area contributed by atoms with Crippen LogP contribution in [-0.2, 0) is 4.79 Å². The van der Waals surface area contributed by atoms with Crippen LogP contribution >= 0.6 is 27.7 Å². The molecule has 0 atom stereocenters. The molecule has 0 fully saturated rings. The van der Waals surface area contributed by atoms with Crippen LogP contribution in [0.5, 0.6) is 5.75 Å². The zero-order valence-electron chi connectivity index (χ0n) is 12.0. The molecule has 3 nitrogen and oxygen atoms in total. The Morgan fingerprint density at radius 2 is 1.87 bits per heavy atom. The first-order valence-electron chi connectivity index (χ1n) is 6.75. The fourth-order valence-corrected chi connectivity index (χ4v) is 2.55. The number of carbonyl (C=O) groups is 1. The molecule has 0 aliphatic carbocycles. The first-order chi connectivity index (χ1) is 11.0. The highest BCUT2D eigenvalue weighted by Crippen LogP contribution is 2.17. The van der Waals surface area contributed by atoms with Gasteiger partial charge in [-0.15, -0.1) is 11.8 Å². The van der Waals surface area contributed by atoms with Crippen LogP contribution in [-0.4, -0.2) is 24.0 Å². The van der Waals surface area contributed by atoms with Gasteiger partial charge in [-0.2, -0.15) is 0 Å². The van der Waals surface area contributed by atoms with Crippen molar-refractivity contribution in [2.75, 3.05) is 23.4 Å². The SMILES string of the molecule is O=C(CSCCOc1ccc(Br)cc1)Nc1ccc(F)c(F)c1.